The largest absolute Gasteiger partial charge is 0.505 e. The average molecular weight is 433 g/mol. The predicted molar refractivity (Wildman–Crippen MR) is 95.4 cm³/mol. The molecule has 1 fully saturated rings. The second kappa shape index (κ2) is 8.70. The number of nitrogens with one attached hydrogen (secondary N) is 1. The molecule has 0 aliphatic carbocycles. The van der Waals surface area contributed by atoms with E-state index in [1.165, 1.54) is 10.8 Å². The molecule has 1 saturated heterocycles. The Morgan fingerprint density at radius 3 is 2.67 bits per heavy atom. The molecule has 0 radical (unpaired) electrons. The molecule has 10 nitrogen and oxygen atoms in total. The van der Waals surface area contributed by atoms with Gasteiger partial charge in [-0.25, -0.2) is 4.79 Å². The molecule has 1 aliphatic rings. The lowest BCUT2D eigenvalue weighted by Gasteiger charge is -2.23. The summed E-state index contributed by atoms with van der Waals surface area (Å²) in [5, 5.41) is 6.58. The Bertz CT molecular complexity index is 985. The van der Waals surface area contributed by atoms with Crippen molar-refractivity contribution in [3.05, 3.63) is 44.5 Å². The van der Waals surface area contributed by atoms with Gasteiger partial charge in [0.1, 0.15) is 11.9 Å². The molecule has 13 heteroatoms. The molecule has 0 spiro atoms. The van der Waals surface area contributed by atoms with E-state index in [2.05, 4.69) is 15.3 Å². The van der Waals surface area contributed by atoms with E-state index in [0.29, 0.717) is 18.2 Å². The van der Waals surface area contributed by atoms with Crippen LogP contribution in [0.3, 0.4) is 0 Å². The van der Waals surface area contributed by atoms with E-state index >= 15 is 0 Å². The zero-order valence-electron chi connectivity index (χ0n) is 16.5. The molecule has 4 unspecified atom stereocenters. The van der Waals surface area contributed by atoms with Crippen LogP contribution in [-0.4, -0.2) is 43.4 Å². The topological polar surface area (TPSA) is 113 Å². The molecule has 3 rings (SSSR count). The number of hydrogen-bond donors (Lipinski definition) is 1. The summed E-state index contributed by atoms with van der Waals surface area (Å²) < 4.78 is 56.7. The fourth-order valence-corrected chi connectivity index (χ4v) is 3.19. The summed E-state index contributed by atoms with van der Waals surface area (Å²) >= 11 is 0. The van der Waals surface area contributed by atoms with Crippen molar-refractivity contribution in [2.24, 2.45) is 0 Å². The van der Waals surface area contributed by atoms with Crippen molar-refractivity contribution in [3.63, 3.8) is 0 Å². The van der Waals surface area contributed by atoms with Crippen LogP contribution in [0.25, 0.3) is 0 Å². The molecule has 1 N–H and O–H groups in total. The van der Waals surface area contributed by atoms with Crippen LogP contribution in [-0.2, 0) is 20.5 Å². The third-order valence-electron chi connectivity index (χ3n) is 4.67. The Hall–Kier alpha value is -2.51. The van der Waals surface area contributed by atoms with Gasteiger partial charge in [0.2, 0.25) is 6.29 Å². The van der Waals surface area contributed by atoms with Gasteiger partial charge in [-0.05, 0) is 20.3 Å². The molecule has 2 aromatic heterocycles. The first-order chi connectivity index (χ1) is 14.1. The van der Waals surface area contributed by atoms with Crippen LogP contribution >= 0.6 is 0 Å². The van der Waals surface area contributed by atoms with Gasteiger partial charge >= 0.3 is 12.0 Å². The van der Waals surface area contributed by atoms with Gasteiger partial charge in [-0.1, -0.05) is 12.1 Å². The second-order valence-corrected chi connectivity index (χ2v) is 6.77. The lowest BCUT2D eigenvalue weighted by Crippen LogP contribution is -2.33. The van der Waals surface area contributed by atoms with Gasteiger partial charge in [-0.2, -0.15) is 4.68 Å². The van der Waals surface area contributed by atoms with Crippen molar-refractivity contribution in [1.29, 1.82) is 0 Å². The molecular weight excluding hydrogens is 411 g/mol. The minimum Gasteiger partial charge on any atom is -0.352 e. The molecule has 1 aliphatic heterocycles. The van der Waals surface area contributed by atoms with E-state index in [1.54, 1.807) is 13.8 Å². The molecule has 3 heterocycles. The van der Waals surface area contributed by atoms with Gasteiger partial charge in [0.15, 0.2) is 0 Å². The van der Waals surface area contributed by atoms with Crippen LogP contribution in [0.15, 0.2) is 22.0 Å². The fourth-order valence-electron chi connectivity index (χ4n) is 3.19. The summed E-state index contributed by atoms with van der Waals surface area (Å²) in [5.74, 6) is 0. The SMILES string of the molecule is CCOC(OC1CC(n2cc(C)c(=O)[nH]c2=O)OC1CC)c1cn(C(F)(F)F)nn1. The molecule has 30 heavy (non-hydrogen) atoms. The van der Waals surface area contributed by atoms with Gasteiger partial charge in [-0.3, -0.25) is 14.3 Å². The van der Waals surface area contributed by atoms with Gasteiger partial charge in [0.25, 0.3) is 5.56 Å². The summed E-state index contributed by atoms with van der Waals surface area (Å²) in [6.45, 7) is 5.23. The van der Waals surface area contributed by atoms with Gasteiger partial charge in [-0.15, -0.1) is 18.3 Å². The highest BCUT2D eigenvalue weighted by Gasteiger charge is 2.39. The number of hydrogen-bond acceptors (Lipinski definition) is 7. The van der Waals surface area contributed by atoms with Crippen LogP contribution in [0, 0.1) is 6.92 Å². The summed E-state index contributed by atoms with van der Waals surface area (Å²) in [5.41, 5.74) is -0.907. The minimum absolute atomic E-state index is 0.135. The maximum Gasteiger partial charge on any atom is 0.505 e. The molecule has 0 saturated carbocycles. The molecule has 0 amide bonds. The first-order valence-electron chi connectivity index (χ1n) is 9.38. The standard InChI is InChI=1S/C17H22F3N5O5/c1-4-11-12(6-13(29-11)24-7-9(3)14(26)21-16(24)27)30-15(28-5-2)10-8-25(23-22-10)17(18,19)20/h7-8,11-13,15H,4-6H2,1-3H3,(H,21,26,27). The third kappa shape index (κ3) is 4.63. The number of aryl methyl sites for hydroxylation is 1. The number of aromatic nitrogens is 5. The van der Waals surface area contributed by atoms with Crippen molar-refractivity contribution < 1.29 is 27.4 Å². The van der Waals surface area contributed by atoms with Crippen molar-refractivity contribution in [2.45, 2.75) is 64.6 Å². The summed E-state index contributed by atoms with van der Waals surface area (Å²) in [7, 11) is 0. The normalized spacial score (nSPS) is 23.1. The van der Waals surface area contributed by atoms with Crippen LogP contribution in [0.4, 0.5) is 13.2 Å². The predicted octanol–water partition coefficient (Wildman–Crippen LogP) is 1.73. The minimum atomic E-state index is -4.71. The first-order valence-corrected chi connectivity index (χ1v) is 9.38. The number of H-pyrrole nitrogens is 1. The van der Waals surface area contributed by atoms with Crippen LogP contribution in [0.1, 0.15) is 50.5 Å². The number of aromatic amines is 1. The summed E-state index contributed by atoms with van der Waals surface area (Å²) in [6.07, 6.45) is -4.81. The zero-order chi connectivity index (χ0) is 22.1. The number of rotatable bonds is 7. The molecule has 0 bridgehead atoms. The van der Waals surface area contributed by atoms with Crippen LogP contribution in [0.2, 0.25) is 0 Å². The Morgan fingerprint density at radius 2 is 2.07 bits per heavy atom. The monoisotopic (exact) mass is 433 g/mol. The Kier molecular flexibility index (Phi) is 6.43. The quantitative estimate of drug-likeness (QED) is 0.662. The molecular formula is C17H22F3N5O5. The highest BCUT2D eigenvalue weighted by Crippen LogP contribution is 2.35. The molecule has 4 atom stereocenters. The van der Waals surface area contributed by atoms with E-state index < -0.39 is 42.3 Å². The fraction of sp³-hybridized carbons (Fsp3) is 0.647. The second-order valence-electron chi connectivity index (χ2n) is 6.77. The zero-order valence-corrected chi connectivity index (χ0v) is 16.5. The van der Waals surface area contributed by atoms with E-state index in [-0.39, 0.29) is 23.4 Å². The highest BCUT2D eigenvalue weighted by molar-refractivity contribution is 5.02. The molecule has 2 aromatic rings. The van der Waals surface area contributed by atoms with Gasteiger partial charge in [0.05, 0.1) is 18.4 Å². The van der Waals surface area contributed by atoms with Gasteiger partial charge in [0, 0.05) is 24.8 Å². The number of nitrogens with zero attached hydrogens (tertiary/aromatic N) is 4. The molecule has 0 aromatic carbocycles. The highest BCUT2D eigenvalue weighted by atomic mass is 19.4. The number of halogens is 3. The number of alkyl halides is 3. The van der Waals surface area contributed by atoms with Crippen LogP contribution in [0.5, 0.6) is 0 Å². The van der Waals surface area contributed by atoms with E-state index in [9.17, 15) is 22.8 Å². The Morgan fingerprint density at radius 1 is 1.33 bits per heavy atom. The Balaban J connectivity index is 1.81. The maximum atomic E-state index is 12.8. The lowest BCUT2D eigenvalue weighted by atomic mass is 10.1. The average Bonchev–Trinajstić information content (AvgIpc) is 3.31. The third-order valence-corrected chi connectivity index (χ3v) is 4.67. The Labute approximate surface area is 168 Å². The first kappa shape index (κ1) is 22.2. The summed E-state index contributed by atoms with van der Waals surface area (Å²) in [4.78, 5) is 26.0. The lowest BCUT2D eigenvalue weighted by molar-refractivity contribution is -0.213. The van der Waals surface area contributed by atoms with E-state index in [4.69, 9.17) is 14.2 Å². The number of ether oxygens (including phenoxy) is 3. The van der Waals surface area contributed by atoms with Crippen LogP contribution < -0.4 is 11.2 Å². The smallest absolute Gasteiger partial charge is 0.352 e. The van der Waals surface area contributed by atoms with Crippen molar-refractivity contribution >= 4 is 0 Å². The molecule has 166 valence electrons. The van der Waals surface area contributed by atoms with E-state index in [0.717, 1.165) is 0 Å². The van der Waals surface area contributed by atoms with Crippen molar-refractivity contribution in [2.75, 3.05) is 6.61 Å². The van der Waals surface area contributed by atoms with Gasteiger partial charge < -0.3 is 14.2 Å². The van der Waals surface area contributed by atoms with Crippen molar-refractivity contribution in [3.8, 4) is 0 Å². The van der Waals surface area contributed by atoms with Crippen molar-refractivity contribution in [1.82, 2.24) is 24.5 Å². The summed E-state index contributed by atoms with van der Waals surface area (Å²) in [6, 6.07) is 0. The maximum absolute atomic E-state index is 12.8. The van der Waals surface area contributed by atoms with E-state index in [1.807, 2.05) is 6.92 Å².